The summed E-state index contributed by atoms with van der Waals surface area (Å²) in [5.41, 5.74) is 6.12. The molecule has 24 heavy (non-hydrogen) atoms. The predicted octanol–water partition coefficient (Wildman–Crippen LogP) is 4.58. The van der Waals surface area contributed by atoms with E-state index >= 15 is 0 Å². The van der Waals surface area contributed by atoms with Crippen LogP contribution in [0.5, 0.6) is 0 Å². The third kappa shape index (κ3) is 2.21. The fourth-order valence-electron chi connectivity index (χ4n) is 4.84. The second-order valence-electron chi connectivity index (χ2n) is 7.21. The van der Waals surface area contributed by atoms with E-state index in [9.17, 15) is 0 Å². The Morgan fingerprint density at radius 1 is 0.917 bits per heavy atom. The van der Waals surface area contributed by atoms with Gasteiger partial charge in [0.1, 0.15) is 0 Å². The van der Waals surface area contributed by atoms with Gasteiger partial charge in [-0.3, -0.25) is 4.90 Å². The zero-order valence-electron chi connectivity index (χ0n) is 14.1. The van der Waals surface area contributed by atoms with Gasteiger partial charge in [0.05, 0.1) is 0 Å². The number of aromatic nitrogens is 1. The largest absolute Gasteiger partial charge is 0.344 e. The molecular weight excluding hydrogens is 292 g/mol. The summed E-state index contributed by atoms with van der Waals surface area (Å²) >= 11 is 0. The molecule has 3 heterocycles. The molecule has 2 aliphatic rings. The van der Waals surface area contributed by atoms with Crippen LogP contribution in [0.4, 0.5) is 0 Å². The number of hydrogen-bond acceptors (Lipinski definition) is 1. The van der Waals surface area contributed by atoms with Crippen molar-refractivity contribution in [2.24, 2.45) is 0 Å². The van der Waals surface area contributed by atoms with Crippen molar-refractivity contribution in [3.8, 4) is 0 Å². The first-order valence-corrected chi connectivity index (χ1v) is 9.30. The van der Waals surface area contributed by atoms with Crippen molar-refractivity contribution in [1.82, 2.24) is 9.47 Å². The molecule has 1 fully saturated rings. The molecule has 122 valence electrons. The van der Waals surface area contributed by atoms with Gasteiger partial charge in [0, 0.05) is 42.1 Å². The fourth-order valence-corrected chi connectivity index (χ4v) is 4.84. The summed E-state index contributed by atoms with van der Waals surface area (Å²) in [6, 6.07) is 20.6. The summed E-state index contributed by atoms with van der Waals surface area (Å²) in [5, 5.41) is 1.50. The second-order valence-corrected chi connectivity index (χ2v) is 7.21. The monoisotopic (exact) mass is 316 g/mol. The molecule has 1 atom stereocenters. The van der Waals surface area contributed by atoms with Crippen LogP contribution in [0.1, 0.15) is 35.7 Å². The van der Waals surface area contributed by atoms with Crippen LogP contribution in [0.15, 0.2) is 54.6 Å². The van der Waals surface area contributed by atoms with Crippen LogP contribution in [-0.2, 0) is 19.4 Å². The molecule has 2 heteroatoms. The van der Waals surface area contributed by atoms with Gasteiger partial charge in [0.15, 0.2) is 0 Å². The molecule has 3 aromatic rings. The maximum absolute atomic E-state index is 2.70. The minimum Gasteiger partial charge on any atom is -0.344 e. The van der Waals surface area contributed by atoms with E-state index in [1.807, 2.05) is 0 Å². The number of benzene rings is 2. The van der Waals surface area contributed by atoms with E-state index in [1.54, 1.807) is 11.3 Å². The van der Waals surface area contributed by atoms with Gasteiger partial charge in [-0.2, -0.15) is 0 Å². The van der Waals surface area contributed by atoms with E-state index < -0.39 is 0 Å². The molecule has 0 saturated carbocycles. The van der Waals surface area contributed by atoms with Crippen LogP contribution in [0.2, 0.25) is 0 Å². The van der Waals surface area contributed by atoms with E-state index in [0.717, 1.165) is 13.0 Å². The lowest BCUT2D eigenvalue weighted by molar-refractivity contribution is 0.242. The summed E-state index contributed by atoms with van der Waals surface area (Å²) in [4.78, 5) is 2.70. The molecule has 0 radical (unpaired) electrons. The van der Waals surface area contributed by atoms with Crippen molar-refractivity contribution in [1.29, 1.82) is 0 Å². The summed E-state index contributed by atoms with van der Waals surface area (Å²) < 4.78 is 2.62. The van der Waals surface area contributed by atoms with Crippen LogP contribution in [-0.4, -0.2) is 22.6 Å². The third-order valence-corrected chi connectivity index (χ3v) is 5.92. The second kappa shape index (κ2) is 5.78. The Morgan fingerprint density at radius 3 is 2.67 bits per heavy atom. The Kier molecular flexibility index (Phi) is 3.45. The zero-order valence-corrected chi connectivity index (χ0v) is 14.1. The molecule has 1 aromatic heterocycles. The standard InChI is InChI=1S/C22H24N2/c1-2-7-17(8-3-1)12-16-24-19-10-5-4-9-18(19)22-20-11-6-14-23(20)15-13-21(22)24/h1-5,7-10,20H,6,11-16H2. The summed E-state index contributed by atoms with van der Waals surface area (Å²) in [7, 11) is 0. The summed E-state index contributed by atoms with van der Waals surface area (Å²) in [5.74, 6) is 0. The molecule has 2 nitrogen and oxygen atoms in total. The van der Waals surface area contributed by atoms with Crippen molar-refractivity contribution in [3.63, 3.8) is 0 Å². The van der Waals surface area contributed by atoms with Gasteiger partial charge in [-0.05, 0) is 43.0 Å². The highest BCUT2D eigenvalue weighted by Crippen LogP contribution is 2.42. The zero-order chi connectivity index (χ0) is 15.9. The van der Waals surface area contributed by atoms with Crippen LogP contribution < -0.4 is 0 Å². The quantitative estimate of drug-likeness (QED) is 0.687. The Morgan fingerprint density at radius 2 is 1.75 bits per heavy atom. The number of aryl methyl sites for hydroxylation is 2. The van der Waals surface area contributed by atoms with Gasteiger partial charge in [0.2, 0.25) is 0 Å². The number of nitrogens with zero attached hydrogens (tertiary/aromatic N) is 2. The molecule has 1 unspecified atom stereocenters. The van der Waals surface area contributed by atoms with E-state index in [4.69, 9.17) is 0 Å². The first-order chi connectivity index (χ1) is 11.9. The molecule has 0 N–H and O–H groups in total. The Hall–Kier alpha value is -2.06. The molecule has 5 rings (SSSR count). The minimum absolute atomic E-state index is 0.664. The van der Waals surface area contributed by atoms with Crippen molar-refractivity contribution >= 4 is 10.9 Å². The van der Waals surface area contributed by atoms with Crippen LogP contribution in [0.3, 0.4) is 0 Å². The Labute approximate surface area is 143 Å². The minimum atomic E-state index is 0.664. The lowest BCUT2D eigenvalue weighted by Crippen LogP contribution is -2.31. The molecule has 0 spiro atoms. The average Bonchev–Trinajstić information content (AvgIpc) is 3.23. The molecule has 2 aromatic carbocycles. The summed E-state index contributed by atoms with van der Waals surface area (Å²) in [6.45, 7) is 3.61. The normalized spacial score (nSPS) is 20.2. The first kappa shape index (κ1) is 14.3. The van der Waals surface area contributed by atoms with Gasteiger partial charge >= 0.3 is 0 Å². The van der Waals surface area contributed by atoms with Crippen LogP contribution in [0.25, 0.3) is 10.9 Å². The molecule has 0 aliphatic carbocycles. The SMILES string of the molecule is c1ccc(CCn2c3c(c4ccccc42)C2CCCN2CC3)cc1. The van der Waals surface area contributed by atoms with E-state index in [2.05, 4.69) is 64.1 Å². The molecule has 0 bridgehead atoms. The third-order valence-electron chi connectivity index (χ3n) is 5.92. The van der Waals surface area contributed by atoms with Crippen molar-refractivity contribution in [2.75, 3.05) is 13.1 Å². The summed E-state index contributed by atoms with van der Waals surface area (Å²) in [6.07, 6.45) is 5.00. The molecule has 2 aliphatic heterocycles. The molecule has 0 amide bonds. The molecule has 1 saturated heterocycles. The van der Waals surface area contributed by atoms with Gasteiger partial charge < -0.3 is 4.57 Å². The van der Waals surface area contributed by atoms with Gasteiger partial charge in [0.25, 0.3) is 0 Å². The highest BCUT2D eigenvalue weighted by atomic mass is 15.2. The van der Waals surface area contributed by atoms with Crippen LogP contribution >= 0.6 is 0 Å². The number of fused-ring (bicyclic) bond motifs is 5. The highest BCUT2D eigenvalue weighted by Gasteiger charge is 2.34. The van der Waals surface area contributed by atoms with Crippen molar-refractivity contribution in [3.05, 3.63) is 71.4 Å². The van der Waals surface area contributed by atoms with Gasteiger partial charge in [-0.1, -0.05) is 48.5 Å². The van der Waals surface area contributed by atoms with E-state index in [-0.39, 0.29) is 0 Å². The maximum atomic E-state index is 2.70. The lowest BCUT2D eigenvalue weighted by atomic mass is 9.96. The Bertz CT molecular complexity index is 862. The topological polar surface area (TPSA) is 8.17 Å². The van der Waals surface area contributed by atoms with Gasteiger partial charge in [-0.15, -0.1) is 0 Å². The van der Waals surface area contributed by atoms with Crippen LogP contribution in [0, 0.1) is 0 Å². The predicted molar refractivity (Wildman–Crippen MR) is 99.3 cm³/mol. The first-order valence-electron chi connectivity index (χ1n) is 9.30. The number of hydrogen-bond donors (Lipinski definition) is 0. The fraction of sp³-hybridized carbons (Fsp3) is 0.364. The van der Waals surface area contributed by atoms with Crippen molar-refractivity contribution < 1.29 is 0 Å². The number of rotatable bonds is 3. The Balaban J connectivity index is 1.59. The van der Waals surface area contributed by atoms with E-state index in [0.29, 0.717) is 6.04 Å². The smallest absolute Gasteiger partial charge is 0.0486 e. The number of para-hydroxylation sites is 1. The average molecular weight is 316 g/mol. The highest BCUT2D eigenvalue weighted by molar-refractivity contribution is 5.86. The maximum Gasteiger partial charge on any atom is 0.0486 e. The lowest BCUT2D eigenvalue weighted by Gasteiger charge is -2.31. The molecular formula is C22H24N2. The van der Waals surface area contributed by atoms with Gasteiger partial charge in [-0.25, -0.2) is 0 Å². The van der Waals surface area contributed by atoms with E-state index in [1.165, 1.54) is 48.8 Å². The van der Waals surface area contributed by atoms with Crippen molar-refractivity contribution in [2.45, 2.75) is 38.3 Å².